The molecule has 0 saturated carbocycles. The Labute approximate surface area is 250 Å². The minimum absolute atomic E-state index is 0.294. The second-order valence-corrected chi connectivity index (χ2v) is 31.5. The first-order chi connectivity index (χ1) is 18.0. The molecular weight excluding hydrogens is 577 g/mol. The maximum Gasteiger partial charge on any atom is 0.263 e. The van der Waals surface area contributed by atoms with Crippen molar-refractivity contribution < 1.29 is 36.7 Å². The molecule has 1 aliphatic heterocycles. The van der Waals surface area contributed by atoms with Gasteiger partial charge in [0.05, 0.1) is 13.2 Å². The van der Waals surface area contributed by atoms with Crippen LogP contribution in [-0.4, -0.2) is 67.0 Å². The second-order valence-electron chi connectivity index (χ2n) is 13.8. The average Bonchev–Trinajstić information content (AvgIpc) is 3.21. The van der Waals surface area contributed by atoms with Crippen molar-refractivity contribution >= 4 is 33.3 Å². The molecule has 0 aromatic rings. The maximum atomic E-state index is 5.91. The van der Waals surface area contributed by atoms with Gasteiger partial charge in [-0.1, -0.05) is 0 Å². The van der Waals surface area contributed by atoms with Crippen LogP contribution >= 0.6 is 0 Å². The van der Waals surface area contributed by atoms with Crippen molar-refractivity contribution in [2.75, 3.05) is 33.7 Å². The monoisotopic (exact) mass is 638 g/mol. The molecule has 12 heteroatoms. The molecule has 0 fully saturated rings. The molecule has 0 saturated heterocycles. The Morgan fingerprint density at radius 1 is 0.675 bits per heavy atom. The van der Waals surface area contributed by atoms with E-state index < -0.39 is 33.3 Å². The van der Waals surface area contributed by atoms with E-state index in [0.29, 0.717) is 26.0 Å². The van der Waals surface area contributed by atoms with Crippen molar-refractivity contribution in [2.24, 2.45) is 0 Å². The maximum absolute atomic E-state index is 5.91. The van der Waals surface area contributed by atoms with Gasteiger partial charge in [0.1, 0.15) is 13.4 Å². The number of hydrogen-bond acceptors (Lipinski definition) is 8. The second kappa shape index (κ2) is 19.1. The summed E-state index contributed by atoms with van der Waals surface area (Å²) in [7, 11) is -4.52. The van der Waals surface area contributed by atoms with Crippen LogP contribution in [0.5, 0.6) is 0 Å². The molecule has 0 unspecified atom stereocenters. The third-order valence-corrected chi connectivity index (χ3v) is 6.96. The first kappa shape index (κ1) is 40.9. The van der Waals surface area contributed by atoms with Gasteiger partial charge < -0.3 is 36.7 Å². The fraction of sp³-hybridized carbons (Fsp3) is 0.786. The Morgan fingerprint density at radius 2 is 1.12 bits per heavy atom. The van der Waals surface area contributed by atoms with Crippen molar-refractivity contribution in [3.63, 3.8) is 0 Å². The highest BCUT2D eigenvalue weighted by Crippen LogP contribution is 2.20. The quantitative estimate of drug-likeness (QED) is 0.0809. The van der Waals surface area contributed by atoms with Crippen molar-refractivity contribution in [3.8, 4) is 0 Å². The van der Waals surface area contributed by atoms with E-state index in [1.165, 1.54) is 0 Å². The molecular formula is C28H62O8Si4. The van der Waals surface area contributed by atoms with Crippen LogP contribution in [0.2, 0.25) is 78.6 Å². The zero-order valence-electron chi connectivity index (χ0n) is 28.9. The van der Waals surface area contributed by atoms with E-state index in [1.807, 2.05) is 33.8 Å². The first-order valence-corrected chi connectivity index (χ1v) is 27.7. The molecule has 0 amide bonds. The summed E-state index contributed by atoms with van der Waals surface area (Å²) in [5.74, 6) is 2.16. The van der Waals surface area contributed by atoms with E-state index in [-0.39, 0.29) is 0 Å². The van der Waals surface area contributed by atoms with E-state index in [0.717, 1.165) is 36.1 Å². The normalized spacial score (nSPS) is 13.3. The Bertz CT molecular complexity index is 773. The summed E-state index contributed by atoms with van der Waals surface area (Å²) < 4.78 is 43.8. The lowest BCUT2D eigenvalue weighted by Crippen LogP contribution is -2.32. The van der Waals surface area contributed by atoms with Crippen LogP contribution < -0.4 is 0 Å². The lowest BCUT2D eigenvalue weighted by Gasteiger charge is -2.28. The largest absolute Gasteiger partial charge is 0.521 e. The first-order valence-electron chi connectivity index (χ1n) is 14.1. The fourth-order valence-corrected chi connectivity index (χ4v) is 5.69. The van der Waals surface area contributed by atoms with Crippen molar-refractivity contribution in [3.05, 3.63) is 35.1 Å². The van der Waals surface area contributed by atoms with Gasteiger partial charge in [0.2, 0.25) is 39.2 Å². The van der Waals surface area contributed by atoms with Gasteiger partial charge in [0.25, 0.3) is 11.9 Å². The fourth-order valence-electron chi connectivity index (χ4n) is 2.44. The highest BCUT2D eigenvalue weighted by molar-refractivity contribution is 6.71. The lowest BCUT2D eigenvalue weighted by atomic mass is 10.4. The van der Waals surface area contributed by atoms with Crippen LogP contribution in [0.1, 0.15) is 34.1 Å². The molecule has 0 radical (unpaired) electrons. The predicted molar refractivity (Wildman–Crippen MR) is 177 cm³/mol. The van der Waals surface area contributed by atoms with Crippen LogP contribution in [0.25, 0.3) is 0 Å². The molecule has 0 N–H and O–H groups in total. The molecule has 0 aliphatic carbocycles. The lowest BCUT2D eigenvalue weighted by molar-refractivity contribution is -0.0512. The predicted octanol–water partition coefficient (Wildman–Crippen LogP) is 8.77. The van der Waals surface area contributed by atoms with Crippen LogP contribution in [0.15, 0.2) is 35.1 Å². The molecule has 0 aromatic heterocycles. The topological polar surface area (TPSA) is 73.8 Å². The Balaban J connectivity index is 0. The molecule has 238 valence electrons. The molecule has 0 bridgehead atoms. The summed E-state index contributed by atoms with van der Waals surface area (Å²) in [4.78, 5) is 0. The Morgan fingerprint density at radius 3 is 1.45 bits per heavy atom. The smallest absolute Gasteiger partial charge is 0.263 e. The number of methoxy groups -OCH3 is 1. The van der Waals surface area contributed by atoms with Gasteiger partial charge in [-0.15, -0.1) is 0 Å². The number of ether oxygens (including phenoxy) is 4. The highest BCUT2D eigenvalue weighted by Gasteiger charge is 2.24. The van der Waals surface area contributed by atoms with Gasteiger partial charge in [0, 0.05) is 24.7 Å². The molecule has 1 rings (SSSR count). The Hall–Kier alpha value is -1.19. The summed E-state index contributed by atoms with van der Waals surface area (Å²) >= 11 is 0. The van der Waals surface area contributed by atoms with Gasteiger partial charge in [0.15, 0.2) is 0 Å². The van der Waals surface area contributed by atoms with Gasteiger partial charge in [-0.25, -0.2) is 0 Å². The van der Waals surface area contributed by atoms with Crippen molar-refractivity contribution in [1.82, 2.24) is 0 Å². The molecule has 1 heterocycles. The molecule has 0 atom stereocenters. The van der Waals surface area contributed by atoms with Crippen LogP contribution in [0.4, 0.5) is 0 Å². The highest BCUT2D eigenvalue weighted by atomic mass is 28.4. The zero-order valence-corrected chi connectivity index (χ0v) is 32.9. The number of rotatable bonds is 14. The third-order valence-electron chi connectivity index (χ3n) is 3.76. The standard InChI is InChI=1S/C11H24O4Si.C10H24O2Si2.C7H14O2Si/c1-10(2)11(15-16(4,5)6)14-8-7-13-9-12-3;1-9(2)10(11-13(3,4)5)12-14(6,7)8;1-10(2,3)9-7-5-4-6-8-7/h7-9H2,1-6H3;1-8H3;5H,4,6H2,1-3H3. The minimum Gasteiger partial charge on any atom is -0.521 e. The van der Waals surface area contributed by atoms with E-state index in [2.05, 4.69) is 78.6 Å². The summed E-state index contributed by atoms with van der Waals surface area (Å²) in [6.07, 6.45) is 3.01. The van der Waals surface area contributed by atoms with Crippen LogP contribution in [0.3, 0.4) is 0 Å². The molecule has 0 aromatic carbocycles. The number of allylic oxidation sites excluding steroid dienone is 2. The van der Waals surface area contributed by atoms with Crippen LogP contribution in [0, 0.1) is 0 Å². The molecule has 40 heavy (non-hydrogen) atoms. The van der Waals surface area contributed by atoms with E-state index in [4.69, 9.17) is 36.7 Å². The van der Waals surface area contributed by atoms with Gasteiger partial charge >= 0.3 is 0 Å². The van der Waals surface area contributed by atoms with Gasteiger partial charge in [-0.2, -0.15) is 0 Å². The summed E-state index contributed by atoms with van der Waals surface area (Å²) in [6, 6.07) is 0. The molecule has 8 nitrogen and oxygen atoms in total. The van der Waals surface area contributed by atoms with Crippen molar-refractivity contribution in [2.45, 2.75) is 113 Å². The zero-order chi connectivity index (χ0) is 31.8. The van der Waals surface area contributed by atoms with Gasteiger partial charge in [-0.3, -0.25) is 0 Å². The average molecular weight is 639 g/mol. The van der Waals surface area contributed by atoms with E-state index in [1.54, 1.807) is 7.11 Å². The number of hydrogen-bond donors (Lipinski definition) is 0. The SMILES string of the molecule is CC(C)=C(O[Si](C)(C)C)O[Si](C)(C)C.COCOCCOC(O[Si](C)(C)C)=C(C)C.C[Si](C)(C)OC1=CCCO1. The molecule has 1 aliphatic rings. The van der Waals surface area contributed by atoms with Crippen LogP contribution in [-0.2, 0) is 36.7 Å². The molecule has 0 spiro atoms. The summed E-state index contributed by atoms with van der Waals surface area (Å²) in [5.41, 5.74) is 2.18. The van der Waals surface area contributed by atoms with E-state index >= 15 is 0 Å². The third kappa shape index (κ3) is 28.3. The van der Waals surface area contributed by atoms with E-state index in [9.17, 15) is 0 Å². The summed E-state index contributed by atoms with van der Waals surface area (Å²) in [5, 5.41) is 0. The minimum atomic E-state index is -1.61. The van der Waals surface area contributed by atoms with Crippen molar-refractivity contribution in [1.29, 1.82) is 0 Å². The summed E-state index contributed by atoms with van der Waals surface area (Å²) in [6.45, 7) is 35.9. The van der Waals surface area contributed by atoms with Gasteiger partial charge in [-0.05, 0) is 112 Å². The Kier molecular flexibility index (Phi) is 19.5.